The third-order valence-electron chi connectivity index (χ3n) is 17.5. The number of phosphoric ester groups is 2. The van der Waals surface area contributed by atoms with Crippen molar-refractivity contribution in [1.29, 1.82) is 0 Å². The van der Waals surface area contributed by atoms with Gasteiger partial charge in [-0.3, -0.25) is 37.3 Å². The number of unbranched alkanes of at least 4 members (excludes halogenated alkanes) is 39. The molecule has 552 valence electrons. The Hall–Kier alpha value is -1.94. The first-order valence-corrected chi connectivity index (χ1v) is 41.4. The fourth-order valence-electron chi connectivity index (χ4n) is 11.2. The maximum Gasteiger partial charge on any atom is 0.472 e. The molecule has 0 fully saturated rings. The van der Waals surface area contributed by atoms with Gasteiger partial charge in [-0.05, 0) is 43.4 Å². The molecule has 0 amide bonds. The Balaban J connectivity index is 5.15. The number of rotatable bonds is 72. The summed E-state index contributed by atoms with van der Waals surface area (Å²) in [7, 11) is -9.90. The van der Waals surface area contributed by atoms with Gasteiger partial charge in [-0.1, -0.05) is 325 Å². The van der Waals surface area contributed by atoms with Crippen LogP contribution in [0.3, 0.4) is 0 Å². The van der Waals surface area contributed by atoms with Gasteiger partial charge in [0.15, 0.2) is 12.2 Å². The molecular formula is C74H144O17P2. The van der Waals surface area contributed by atoms with E-state index in [1.165, 1.54) is 180 Å². The molecule has 0 aliphatic carbocycles. The van der Waals surface area contributed by atoms with E-state index >= 15 is 0 Å². The number of carbonyl (C=O) groups is 4. The summed E-state index contributed by atoms with van der Waals surface area (Å²) in [6.07, 6.45) is 50.2. The molecular weight excluding hydrogens is 1220 g/mol. The average molecular weight is 1370 g/mol. The van der Waals surface area contributed by atoms with Gasteiger partial charge in [0.1, 0.15) is 19.3 Å². The lowest BCUT2D eigenvalue weighted by molar-refractivity contribution is -0.161. The van der Waals surface area contributed by atoms with Crippen molar-refractivity contribution >= 4 is 39.5 Å². The van der Waals surface area contributed by atoms with Gasteiger partial charge in [0.05, 0.1) is 26.4 Å². The lowest BCUT2D eigenvalue weighted by Gasteiger charge is -2.21. The van der Waals surface area contributed by atoms with Crippen molar-refractivity contribution in [3.8, 4) is 0 Å². The summed E-state index contributed by atoms with van der Waals surface area (Å²) in [5.74, 6) is 0.199. The molecule has 93 heavy (non-hydrogen) atoms. The number of carbonyl (C=O) groups excluding carboxylic acids is 4. The van der Waals surface area contributed by atoms with E-state index in [1.807, 2.05) is 0 Å². The van der Waals surface area contributed by atoms with Gasteiger partial charge in [-0.15, -0.1) is 0 Å². The predicted octanol–water partition coefficient (Wildman–Crippen LogP) is 21.4. The molecule has 0 aromatic carbocycles. The zero-order valence-electron chi connectivity index (χ0n) is 60.7. The topological polar surface area (TPSA) is 237 Å². The average Bonchev–Trinajstić information content (AvgIpc) is 3.43. The minimum atomic E-state index is -4.95. The van der Waals surface area contributed by atoms with Gasteiger partial charge in [-0.25, -0.2) is 9.13 Å². The summed E-state index contributed by atoms with van der Waals surface area (Å²) in [5.41, 5.74) is 0. The van der Waals surface area contributed by atoms with Crippen molar-refractivity contribution in [2.75, 3.05) is 39.6 Å². The molecule has 0 saturated heterocycles. The molecule has 0 rings (SSSR count). The molecule has 0 heterocycles. The SMILES string of the molecule is CCCCCCCCCCC(=O)OC[C@H](COP(=O)(O)OC[C@H](O)COP(=O)(O)OC[C@@H](COC(=O)CCCCCCCCCCCCC(C)C)OC(=O)CCCCCCCCCCCCCCCCCCCCC(C)CC)OC(=O)CCCCCCCCCC(C)C. The molecule has 3 unspecified atom stereocenters. The molecule has 17 nitrogen and oxygen atoms in total. The number of ether oxygens (including phenoxy) is 4. The Labute approximate surface area is 568 Å². The molecule has 0 saturated carbocycles. The van der Waals surface area contributed by atoms with Crippen molar-refractivity contribution < 1.29 is 80.2 Å². The van der Waals surface area contributed by atoms with Gasteiger partial charge >= 0.3 is 39.5 Å². The van der Waals surface area contributed by atoms with E-state index < -0.39 is 97.5 Å². The van der Waals surface area contributed by atoms with E-state index in [2.05, 4.69) is 48.5 Å². The van der Waals surface area contributed by atoms with Crippen LogP contribution in [-0.2, 0) is 65.4 Å². The Kier molecular flexibility index (Phi) is 63.4. The Bertz CT molecular complexity index is 1820. The number of aliphatic hydroxyl groups is 1. The largest absolute Gasteiger partial charge is 0.472 e. The van der Waals surface area contributed by atoms with Crippen molar-refractivity contribution in [3.63, 3.8) is 0 Å². The van der Waals surface area contributed by atoms with E-state index in [0.29, 0.717) is 31.6 Å². The maximum atomic E-state index is 13.1. The lowest BCUT2D eigenvalue weighted by atomic mass is 9.99. The van der Waals surface area contributed by atoms with E-state index in [0.717, 1.165) is 108 Å². The van der Waals surface area contributed by atoms with Crippen molar-refractivity contribution in [1.82, 2.24) is 0 Å². The molecule has 19 heteroatoms. The fraction of sp³-hybridized carbons (Fsp3) is 0.946. The highest BCUT2D eigenvalue weighted by atomic mass is 31.2. The lowest BCUT2D eigenvalue weighted by Crippen LogP contribution is -2.30. The molecule has 0 aliphatic rings. The molecule has 0 aromatic rings. The van der Waals surface area contributed by atoms with E-state index in [4.69, 9.17) is 37.0 Å². The van der Waals surface area contributed by atoms with Crippen LogP contribution in [0, 0.1) is 17.8 Å². The Morgan fingerprint density at radius 2 is 0.548 bits per heavy atom. The standard InChI is InChI=1S/C74H144O17P2/c1-8-10-11-12-13-34-41-48-55-71(76)84-61-70(91-74(79)58-51-44-37-30-32-39-46-53-66(5)6)64-89-93(82,83)87-60-68(75)59-86-92(80,81)88-63-69(62-85-72(77)56-49-42-35-28-25-24-26-31-38-45-52-65(3)4)90-73(78)57-50-43-36-29-23-21-19-17-15-14-16-18-20-22-27-33-40-47-54-67(7)9-2/h65-70,75H,8-64H2,1-7H3,(H,80,81)(H,82,83)/t67?,68-,69-,70-/m1/s1. The van der Waals surface area contributed by atoms with Crippen LogP contribution in [0.15, 0.2) is 0 Å². The normalized spacial score (nSPS) is 14.4. The maximum absolute atomic E-state index is 13.1. The van der Waals surface area contributed by atoms with Crippen LogP contribution in [0.2, 0.25) is 0 Å². The summed E-state index contributed by atoms with van der Waals surface area (Å²) >= 11 is 0. The van der Waals surface area contributed by atoms with Gasteiger partial charge in [-0.2, -0.15) is 0 Å². The third kappa shape index (κ3) is 67.0. The van der Waals surface area contributed by atoms with Gasteiger partial charge in [0, 0.05) is 25.7 Å². The zero-order chi connectivity index (χ0) is 68.7. The number of hydrogen-bond donors (Lipinski definition) is 3. The Morgan fingerprint density at radius 3 is 0.817 bits per heavy atom. The van der Waals surface area contributed by atoms with E-state index in [1.54, 1.807) is 0 Å². The molecule has 0 aliphatic heterocycles. The van der Waals surface area contributed by atoms with Crippen LogP contribution in [0.4, 0.5) is 0 Å². The molecule has 0 spiro atoms. The van der Waals surface area contributed by atoms with Gasteiger partial charge < -0.3 is 33.8 Å². The van der Waals surface area contributed by atoms with Crippen molar-refractivity contribution in [3.05, 3.63) is 0 Å². The molecule has 3 N–H and O–H groups in total. The summed E-state index contributed by atoms with van der Waals surface area (Å²) in [6, 6.07) is 0. The highest BCUT2D eigenvalue weighted by Crippen LogP contribution is 2.45. The second kappa shape index (κ2) is 64.7. The fourth-order valence-corrected chi connectivity index (χ4v) is 12.8. The summed E-state index contributed by atoms with van der Waals surface area (Å²) in [5, 5.41) is 10.6. The monoisotopic (exact) mass is 1370 g/mol. The quantitative estimate of drug-likeness (QED) is 0.0222. The summed E-state index contributed by atoms with van der Waals surface area (Å²) in [4.78, 5) is 72.5. The second-order valence-electron chi connectivity index (χ2n) is 27.9. The predicted molar refractivity (Wildman–Crippen MR) is 377 cm³/mol. The molecule has 6 atom stereocenters. The first kappa shape index (κ1) is 91.1. The van der Waals surface area contributed by atoms with E-state index in [9.17, 15) is 43.2 Å². The smallest absolute Gasteiger partial charge is 0.462 e. The number of hydrogen-bond acceptors (Lipinski definition) is 15. The van der Waals surface area contributed by atoms with Crippen LogP contribution in [0.5, 0.6) is 0 Å². The minimum Gasteiger partial charge on any atom is -0.462 e. The van der Waals surface area contributed by atoms with Crippen LogP contribution in [-0.4, -0.2) is 96.7 Å². The summed E-state index contributed by atoms with van der Waals surface area (Å²) < 4.78 is 68.3. The number of esters is 4. The highest BCUT2D eigenvalue weighted by molar-refractivity contribution is 7.47. The molecule has 0 bridgehead atoms. The Morgan fingerprint density at radius 1 is 0.312 bits per heavy atom. The summed E-state index contributed by atoms with van der Waals surface area (Å²) in [6.45, 7) is 11.8. The second-order valence-corrected chi connectivity index (χ2v) is 30.8. The third-order valence-corrected chi connectivity index (χ3v) is 19.4. The van der Waals surface area contributed by atoms with Crippen LogP contribution in [0.25, 0.3) is 0 Å². The molecule has 0 radical (unpaired) electrons. The number of phosphoric acid groups is 2. The van der Waals surface area contributed by atoms with Gasteiger partial charge in [0.25, 0.3) is 0 Å². The minimum absolute atomic E-state index is 0.103. The first-order chi connectivity index (χ1) is 44.8. The van der Waals surface area contributed by atoms with Crippen molar-refractivity contribution in [2.24, 2.45) is 17.8 Å². The highest BCUT2D eigenvalue weighted by Gasteiger charge is 2.30. The molecule has 0 aromatic heterocycles. The van der Waals surface area contributed by atoms with Crippen LogP contribution >= 0.6 is 15.6 Å². The van der Waals surface area contributed by atoms with Crippen LogP contribution < -0.4 is 0 Å². The number of aliphatic hydroxyl groups excluding tert-OH is 1. The van der Waals surface area contributed by atoms with Gasteiger partial charge in [0.2, 0.25) is 0 Å². The van der Waals surface area contributed by atoms with Crippen LogP contribution in [0.1, 0.15) is 376 Å². The van der Waals surface area contributed by atoms with E-state index in [-0.39, 0.29) is 25.7 Å². The first-order valence-electron chi connectivity index (χ1n) is 38.4. The van der Waals surface area contributed by atoms with Crippen molar-refractivity contribution in [2.45, 2.75) is 394 Å². The zero-order valence-corrected chi connectivity index (χ0v) is 62.5.